The molecule has 0 unspecified atom stereocenters. The van der Waals surface area contributed by atoms with Gasteiger partial charge in [-0.15, -0.1) is 0 Å². The van der Waals surface area contributed by atoms with Gasteiger partial charge in [0.15, 0.2) is 5.72 Å². The van der Waals surface area contributed by atoms with Crippen LogP contribution in [0.1, 0.15) is 19.1 Å². The van der Waals surface area contributed by atoms with Crippen LogP contribution in [0.5, 0.6) is 0 Å². The Bertz CT molecular complexity index is 601. The lowest BCUT2D eigenvalue weighted by Gasteiger charge is -2.21. The number of rotatable bonds is 3. The Hall–Kier alpha value is -2.09. The van der Waals surface area contributed by atoms with Crippen molar-refractivity contribution in [2.24, 2.45) is 5.11 Å². The van der Waals surface area contributed by atoms with E-state index in [1.165, 1.54) is 16.8 Å². The van der Waals surface area contributed by atoms with Gasteiger partial charge in [0, 0.05) is 17.2 Å². The largest absolute Gasteiger partial charge is 0.393 e. The van der Waals surface area contributed by atoms with Crippen LogP contribution in [0.3, 0.4) is 0 Å². The van der Waals surface area contributed by atoms with Gasteiger partial charge in [0.05, 0.1) is 6.61 Å². The van der Waals surface area contributed by atoms with Crippen molar-refractivity contribution in [1.29, 1.82) is 0 Å². The number of aromatic nitrogens is 2. The highest BCUT2D eigenvalue weighted by molar-refractivity contribution is 4.90. The summed E-state index contributed by atoms with van der Waals surface area (Å²) < 4.78 is 6.60. The molecule has 9 nitrogen and oxygen atoms in total. The first-order valence-electron chi connectivity index (χ1n) is 5.27. The SMILES string of the molecule is [N-]=[N+]=N[C@@]1(CO)CC[C@H](n2ccc(=O)[nH]c2=O)O1. The third kappa shape index (κ3) is 2.14. The van der Waals surface area contributed by atoms with Crippen molar-refractivity contribution >= 4 is 0 Å². The molecule has 1 aliphatic rings. The predicted molar refractivity (Wildman–Crippen MR) is 59.6 cm³/mol. The van der Waals surface area contributed by atoms with Crippen molar-refractivity contribution in [3.05, 3.63) is 43.5 Å². The van der Waals surface area contributed by atoms with Crippen molar-refractivity contribution in [3.8, 4) is 0 Å². The van der Waals surface area contributed by atoms with Crippen molar-refractivity contribution in [1.82, 2.24) is 9.55 Å². The van der Waals surface area contributed by atoms with Crippen molar-refractivity contribution in [3.63, 3.8) is 0 Å². The van der Waals surface area contributed by atoms with Gasteiger partial charge in [-0.05, 0) is 18.4 Å². The number of H-pyrrole nitrogens is 1. The third-order valence-electron chi connectivity index (χ3n) is 2.77. The zero-order valence-corrected chi connectivity index (χ0v) is 9.31. The number of hydrogen-bond donors (Lipinski definition) is 2. The second-order valence-corrected chi connectivity index (χ2v) is 3.92. The molecule has 2 atom stereocenters. The molecule has 1 saturated heterocycles. The standard InChI is InChI=1S/C9H11N5O4/c10-13-12-9(5-15)3-1-7(18-9)14-4-2-6(16)11-8(14)17/h2,4,7,15H,1,3,5H2,(H,11,16,17)/t7-,9+/m1/s1. The predicted octanol–water partition coefficient (Wildman–Crippen LogP) is -0.155. The van der Waals surface area contributed by atoms with E-state index in [2.05, 4.69) is 15.0 Å². The van der Waals surface area contributed by atoms with Gasteiger partial charge in [0.1, 0.15) is 6.23 Å². The Morgan fingerprint density at radius 2 is 2.50 bits per heavy atom. The smallest absolute Gasteiger partial charge is 0.330 e. The highest BCUT2D eigenvalue weighted by Crippen LogP contribution is 2.36. The quantitative estimate of drug-likeness (QED) is 0.440. The number of nitrogens with one attached hydrogen (secondary N) is 1. The number of ether oxygens (including phenoxy) is 1. The summed E-state index contributed by atoms with van der Waals surface area (Å²) in [5.74, 6) is 0. The fraction of sp³-hybridized carbons (Fsp3) is 0.556. The number of hydrogen-bond acceptors (Lipinski definition) is 5. The average molecular weight is 253 g/mol. The van der Waals surface area contributed by atoms with Gasteiger partial charge < -0.3 is 9.84 Å². The van der Waals surface area contributed by atoms with E-state index in [0.717, 1.165) is 0 Å². The zero-order chi connectivity index (χ0) is 13.2. The molecule has 0 aromatic carbocycles. The first kappa shape index (κ1) is 12.4. The molecule has 0 radical (unpaired) electrons. The fourth-order valence-corrected chi connectivity index (χ4v) is 1.87. The fourth-order valence-electron chi connectivity index (χ4n) is 1.87. The highest BCUT2D eigenvalue weighted by atomic mass is 16.6. The summed E-state index contributed by atoms with van der Waals surface area (Å²) in [5, 5.41) is 12.6. The Labute approximate surface area is 100 Å². The lowest BCUT2D eigenvalue weighted by Crippen LogP contribution is -2.34. The van der Waals surface area contributed by atoms with Crippen molar-refractivity contribution in [2.75, 3.05) is 6.61 Å². The molecule has 1 aliphatic heterocycles. The van der Waals surface area contributed by atoms with Crippen LogP contribution in [0.15, 0.2) is 27.0 Å². The average Bonchev–Trinajstić information content (AvgIpc) is 2.74. The molecule has 1 fully saturated rings. The summed E-state index contributed by atoms with van der Waals surface area (Å²) in [5.41, 5.74) is 5.97. The van der Waals surface area contributed by atoms with Gasteiger partial charge in [0.2, 0.25) is 0 Å². The van der Waals surface area contributed by atoms with E-state index in [-0.39, 0.29) is 0 Å². The molecule has 1 aromatic rings. The number of nitrogens with zero attached hydrogens (tertiary/aromatic N) is 4. The van der Waals surface area contributed by atoms with E-state index in [1.807, 2.05) is 0 Å². The van der Waals surface area contributed by atoms with E-state index >= 15 is 0 Å². The molecular formula is C9H11N5O4. The number of azide groups is 1. The molecule has 9 heteroatoms. The Kier molecular flexibility index (Phi) is 3.19. The molecule has 2 N–H and O–H groups in total. The van der Waals surface area contributed by atoms with Gasteiger partial charge in [-0.25, -0.2) is 4.79 Å². The summed E-state index contributed by atoms with van der Waals surface area (Å²) in [4.78, 5) is 27.2. The molecule has 1 aromatic heterocycles. The summed E-state index contributed by atoms with van der Waals surface area (Å²) in [6.07, 6.45) is 1.32. The van der Waals surface area contributed by atoms with Crippen LogP contribution in [0.4, 0.5) is 0 Å². The third-order valence-corrected chi connectivity index (χ3v) is 2.77. The molecule has 18 heavy (non-hydrogen) atoms. The second-order valence-electron chi connectivity index (χ2n) is 3.92. The lowest BCUT2D eigenvalue weighted by atomic mass is 10.1. The van der Waals surface area contributed by atoms with Crippen molar-refractivity contribution in [2.45, 2.75) is 24.8 Å². The van der Waals surface area contributed by atoms with Gasteiger partial charge in [-0.3, -0.25) is 14.3 Å². The van der Waals surface area contributed by atoms with Crippen molar-refractivity contribution < 1.29 is 9.84 Å². The summed E-state index contributed by atoms with van der Waals surface area (Å²) in [6, 6.07) is 1.19. The zero-order valence-electron chi connectivity index (χ0n) is 9.31. The molecule has 0 amide bonds. The molecule has 0 aliphatic carbocycles. The van der Waals surface area contributed by atoms with Gasteiger partial charge >= 0.3 is 5.69 Å². The topological polar surface area (TPSA) is 133 Å². The normalized spacial score (nSPS) is 26.8. The molecule has 0 spiro atoms. The molecule has 96 valence electrons. The minimum atomic E-state index is -1.34. The summed E-state index contributed by atoms with van der Waals surface area (Å²) >= 11 is 0. The van der Waals surface area contributed by atoms with Crippen LogP contribution in [-0.4, -0.2) is 27.0 Å². The first-order chi connectivity index (χ1) is 8.60. The monoisotopic (exact) mass is 253 g/mol. The molecule has 0 saturated carbocycles. The van der Waals surface area contributed by atoms with Gasteiger partial charge in [-0.1, -0.05) is 5.11 Å². The number of aliphatic hydroxyl groups excluding tert-OH is 1. The van der Waals surface area contributed by atoms with E-state index in [0.29, 0.717) is 12.8 Å². The maximum atomic E-state index is 11.5. The number of aliphatic hydroxyl groups is 1. The van der Waals surface area contributed by atoms with Gasteiger partial charge in [-0.2, -0.15) is 0 Å². The van der Waals surface area contributed by atoms with Crippen LogP contribution >= 0.6 is 0 Å². The first-order valence-corrected chi connectivity index (χ1v) is 5.27. The van der Waals surface area contributed by atoms with E-state index < -0.39 is 29.8 Å². The van der Waals surface area contributed by atoms with E-state index in [4.69, 9.17) is 10.3 Å². The molecule has 2 rings (SSSR count). The Balaban J connectivity index is 2.30. The van der Waals surface area contributed by atoms with E-state index in [9.17, 15) is 14.7 Å². The van der Waals surface area contributed by atoms with Gasteiger partial charge in [0.25, 0.3) is 5.56 Å². The molecule has 0 bridgehead atoms. The second kappa shape index (κ2) is 4.65. The van der Waals surface area contributed by atoms with Crippen LogP contribution in [-0.2, 0) is 4.74 Å². The van der Waals surface area contributed by atoms with E-state index in [1.54, 1.807) is 0 Å². The maximum absolute atomic E-state index is 11.5. The summed E-state index contributed by atoms with van der Waals surface area (Å²) in [7, 11) is 0. The molecule has 2 heterocycles. The van der Waals surface area contributed by atoms with Crippen LogP contribution in [0.2, 0.25) is 0 Å². The van der Waals surface area contributed by atoms with Crippen LogP contribution in [0, 0.1) is 0 Å². The summed E-state index contributed by atoms with van der Waals surface area (Å²) in [6.45, 7) is -0.467. The van der Waals surface area contributed by atoms with Crippen LogP contribution in [0.25, 0.3) is 10.4 Å². The minimum absolute atomic E-state index is 0.295. The number of aromatic amines is 1. The molecular weight excluding hydrogens is 242 g/mol. The Morgan fingerprint density at radius 1 is 1.72 bits per heavy atom. The van der Waals surface area contributed by atoms with Crippen LogP contribution < -0.4 is 11.2 Å². The Morgan fingerprint density at radius 3 is 3.11 bits per heavy atom. The highest BCUT2D eigenvalue weighted by Gasteiger charge is 2.40. The lowest BCUT2D eigenvalue weighted by molar-refractivity contribution is -0.0951. The maximum Gasteiger partial charge on any atom is 0.330 e. The minimum Gasteiger partial charge on any atom is -0.393 e.